The molecule has 3 aromatic rings. The number of aromatic nitrogens is 2. The van der Waals surface area contributed by atoms with Crippen molar-refractivity contribution in [2.75, 3.05) is 4.90 Å². The maximum Gasteiger partial charge on any atom is 0.262 e. The second kappa shape index (κ2) is 7.43. The molecule has 5 nitrogen and oxygen atoms in total. The number of hydrogen-bond acceptors (Lipinski definition) is 4. The molecule has 6 heteroatoms. The summed E-state index contributed by atoms with van der Waals surface area (Å²) in [5.74, 6) is 0.0486. The average Bonchev–Trinajstić information content (AvgIpc) is 3.03. The third-order valence-electron chi connectivity index (χ3n) is 5.22. The first kappa shape index (κ1) is 18.7. The molecule has 2 aromatic carbocycles. The summed E-state index contributed by atoms with van der Waals surface area (Å²) in [5.41, 5.74) is 2.80. The van der Waals surface area contributed by atoms with E-state index < -0.39 is 0 Å². The van der Waals surface area contributed by atoms with Crippen LogP contribution in [0, 0.1) is 0 Å². The molecule has 0 unspecified atom stereocenters. The number of hydrogen-bond donors (Lipinski definition) is 0. The van der Waals surface area contributed by atoms with E-state index in [-0.39, 0.29) is 22.8 Å². The van der Waals surface area contributed by atoms with Gasteiger partial charge in [-0.15, -0.1) is 0 Å². The van der Waals surface area contributed by atoms with Crippen LogP contribution in [0.3, 0.4) is 0 Å². The number of rotatable bonds is 4. The van der Waals surface area contributed by atoms with Crippen LogP contribution in [-0.4, -0.2) is 26.8 Å². The van der Waals surface area contributed by atoms with Crippen LogP contribution in [0.4, 0.5) is 5.69 Å². The van der Waals surface area contributed by atoms with Crippen LogP contribution in [0.1, 0.15) is 26.3 Å². The number of carbonyl (C=O) groups excluding carboxylic acids is 1. The van der Waals surface area contributed by atoms with E-state index in [0.29, 0.717) is 22.6 Å². The summed E-state index contributed by atoms with van der Waals surface area (Å²) in [6, 6.07) is 15.5. The van der Waals surface area contributed by atoms with Crippen molar-refractivity contribution >= 4 is 34.3 Å². The number of para-hydroxylation sites is 2. The molecule has 2 heterocycles. The van der Waals surface area contributed by atoms with Gasteiger partial charge in [0.1, 0.15) is 0 Å². The Balaban J connectivity index is 1.66. The van der Waals surface area contributed by atoms with Crippen molar-refractivity contribution in [1.29, 1.82) is 0 Å². The molecule has 0 saturated carbocycles. The zero-order chi connectivity index (χ0) is 19.8. The molecular weight excluding hydrogens is 370 g/mol. The Morgan fingerprint density at radius 3 is 2.71 bits per heavy atom. The number of anilines is 1. The molecule has 28 heavy (non-hydrogen) atoms. The summed E-state index contributed by atoms with van der Waals surface area (Å²) < 4.78 is 1.65. The summed E-state index contributed by atoms with van der Waals surface area (Å²) in [6.07, 6.45) is 0.868. The van der Waals surface area contributed by atoms with Gasteiger partial charge in [-0.05, 0) is 51.0 Å². The van der Waals surface area contributed by atoms with Crippen molar-refractivity contribution < 1.29 is 4.79 Å². The molecule has 1 aromatic heterocycles. The highest BCUT2D eigenvalue weighted by atomic mass is 32.2. The maximum absolute atomic E-state index is 13.3. The molecule has 0 fully saturated rings. The lowest BCUT2D eigenvalue weighted by atomic mass is 10.1. The smallest absolute Gasteiger partial charge is 0.262 e. The van der Waals surface area contributed by atoms with Crippen molar-refractivity contribution in [3.05, 3.63) is 64.4 Å². The van der Waals surface area contributed by atoms with Crippen LogP contribution >= 0.6 is 11.8 Å². The summed E-state index contributed by atoms with van der Waals surface area (Å²) >= 11 is 1.36. The van der Waals surface area contributed by atoms with Crippen LogP contribution < -0.4 is 10.5 Å². The van der Waals surface area contributed by atoms with Gasteiger partial charge in [-0.1, -0.05) is 42.1 Å². The summed E-state index contributed by atoms with van der Waals surface area (Å²) in [7, 11) is 0. The predicted octanol–water partition coefficient (Wildman–Crippen LogP) is 3.87. The van der Waals surface area contributed by atoms with Gasteiger partial charge >= 0.3 is 0 Å². The number of nitrogens with zero attached hydrogens (tertiary/aromatic N) is 3. The minimum Gasteiger partial charge on any atom is -0.308 e. The van der Waals surface area contributed by atoms with Gasteiger partial charge in [-0.3, -0.25) is 14.2 Å². The number of amides is 1. The number of thioether (sulfide) groups is 1. The third kappa shape index (κ3) is 3.11. The molecule has 1 amide bonds. The lowest BCUT2D eigenvalue weighted by Crippen LogP contribution is -2.40. The van der Waals surface area contributed by atoms with E-state index in [1.165, 1.54) is 17.3 Å². The first-order valence-electron chi connectivity index (χ1n) is 9.58. The van der Waals surface area contributed by atoms with Crippen LogP contribution in [0.2, 0.25) is 0 Å². The molecule has 0 spiro atoms. The van der Waals surface area contributed by atoms with Gasteiger partial charge in [-0.25, -0.2) is 4.98 Å². The first-order valence-corrected chi connectivity index (χ1v) is 10.5. The Kier molecular flexibility index (Phi) is 4.98. The van der Waals surface area contributed by atoms with E-state index in [0.717, 1.165) is 12.1 Å². The highest BCUT2D eigenvalue weighted by molar-refractivity contribution is 8.00. The second-order valence-electron chi connectivity index (χ2n) is 7.11. The maximum atomic E-state index is 13.3. The fraction of sp³-hybridized carbons (Fsp3) is 0.318. The Bertz CT molecular complexity index is 1110. The fourth-order valence-electron chi connectivity index (χ4n) is 3.82. The number of carbonyl (C=O) groups is 1. The van der Waals surface area contributed by atoms with Crippen molar-refractivity contribution in [2.24, 2.45) is 0 Å². The van der Waals surface area contributed by atoms with E-state index in [2.05, 4.69) is 18.0 Å². The Labute approximate surface area is 168 Å². The second-order valence-corrected chi connectivity index (χ2v) is 8.42. The molecule has 0 N–H and O–H groups in total. The van der Waals surface area contributed by atoms with Gasteiger partial charge in [0.25, 0.3) is 5.56 Å². The summed E-state index contributed by atoms with van der Waals surface area (Å²) in [4.78, 5) is 32.6. The third-order valence-corrected chi connectivity index (χ3v) is 6.30. The topological polar surface area (TPSA) is 55.2 Å². The molecule has 2 atom stereocenters. The fourth-order valence-corrected chi connectivity index (χ4v) is 4.84. The van der Waals surface area contributed by atoms with Crippen molar-refractivity contribution in [1.82, 2.24) is 9.55 Å². The van der Waals surface area contributed by atoms with E-state index in [9.17, 15) is 9.59 Å². The standard InChI is InChI=1S/C22H23N3O2S/c1-4-24-21(27)17-10-6-7-11-18(17)23-22(24)28-15(3)20(26)25-14(2)13-16-9-5-8-12-19(16)25/h5-12,14-15H,4,13H2,1-3H3/t14-,15+/m0/s1. The normalized spacial score (nSPS) is 17.0. The van der Waals surface area contributed by atoms with Crippen molar-refractivity contribution in [3.63, 3.8) is 0 Å². The highest BCUT2D eigenvalue weighted by Gasteiger charge is 2.33. The largest absolute Gasteiger partial charge is 0.308 e. The first-order chi connectivity index (χ1) is 13.5. The average molecular weight is 394 g/mol. The molecule has 0 bridgehead atoms. The lowest BCUT2D eigenvalue weighted by Gasteiger charge is -2.26. The zero-order valence-electron chi connectivity index (χ0n) is 16.3. The molecular formula is C22H23N3O2S. The monoisotopic (exact) mass is 393 g/mol. The van der Waals surface area contributed by atoms with Crippen LogP contribution in [0.15, 0.2) is 58.5 Å². The molecule has 0 aliphatic carbocycles. The van der Waals surface area contributed by atoms with Gasteiger partial charge < -0.3 is 4.90 Å². The zero-order valence-corrected chi connectivity index (χ0v) is 17.1. The van der Waals surface area contributed by atoms with E-state index in [1.807, 2.05) is 55.1 Å². The molecule has 144 valence electrons. The molecule has 1 aliphatic rings. The molecule has 0 saturated heterocycles. The Morgan fingerprint density at radius 2 is 1.93 bits per heavy atom. The number of fused-ring (bicyclic) bond motifs is 2. The van der Waals surface area contributed by atoms with Gasteiger partial charge in [0.15, 0.2) is 5.16 Å². The molecule has 0 radical (unpaired) electrons. The molecule has 1 aliphatic heterocycles. The highest BCUT2D eigenvalue weighted by Crippen LogP contribution is 2.34. The summed E-state index contributed by atoms with van der Waals surface area (Å²) in [5, 5.41) is 0.849. The van der Waals surface area contributed by atoms with Crippen LogP contribution in [0.5, 0.6) is 0 Å². The van der Waals surface area contributed by atoms with Gasteiger partial charge in [0.05, 0.1) is 16.2 Å². The van der Waals surface area contributed by atoms with E-state index in [4.69, 9.17) is 0 Å². The van der Waals surface area contributed by atoms with Crippen LogP contribution in [0.25, 0.3) is 10.9 Å². The quantitative estimate of drug-likeness (QED) is 0.499. The molecule has 4 rings (SSSR count). The van der Waals surface area contributed by atoms with Crippen molar-refractivity contribution in [2.45, 2.75) is 50.2 Å². The Hall–Kier alpha value is -2.60. The van der Waals surface area contributed by atoms with Crippen LogP contribution in [-0.2, 0) is 17.8 Å². The number of benzene rings is 2. The predicted molar refractivity (Wildman–Crippen MR) is 114 cm³/mol. The minimum atomic E-state index is -0.348. The summed E-state index contributed by atoms with van der Waals surface area (Å²) in [6.45, 7) is 6.41. The lowest BCUT2D eigenvalue weighted by molar-refractivity contribution is -0.118. The Morgan fingerprint density at radius 1 is 1.21 bits per heavy atom. The SMILES string of the molecule is CCn1c(S[C@H](C)C(=O)N2c3ccccc3C[C@@H]2C)nc2ccccc2c1=O. The minimum absolute atomic E-state index is 0.0486. The van der Waals surface area contributed by atoms with Gasteiger partial charge in [0, 0.05) is 18.3 Å². The van der Waals surface area contributed by atoms with Crippen molar-refractivity contribution in [3.8, 4) is 0 Å². The van der Waals surface area contributed by atoms with E-state index >= 15 is 0 Å². The van der Waals surface area contributed by atoms with Gasteiger partial charge in [-0.2, -0.15) is 0 Å². The van der Waals surface area contributed by atoms with E-state index in [1.54, 1.807) is 10.6 Å². The van der Waals surface area contributed by atoms with Gasteiger partial charge in [0.2, 0.25) is 5.91 Å².